The molecule has 10 heteroatoms. The van der Waals surface area contributed by atoms with Gasteiger partial charge < -0.3 is 15.6 Å². The highest BCUT2D eigenvalue weighted by Crippen LogP contribution is 2.36. The number of halogens is 3. The minimum Gasteiger partial charge on any atom is -0.367 e. The molecular formula is C23H25F3N6O. The van der Waals surface area contributed by atoms with Crippen LogP contribution in [0.25, 0.3) is 11.0 Å². The number of nitrogens with zero attached hydrogens (tertiary/aromatic N) is 3. The molecule has 3 aromatic rings. The molecule has 0 unspecified atom stereocenters. The highest BCUT2D eigenvalue weighted by Gasteiger charge is 2.35. The van der Waals surface area contributed by atoms with Gasteiger partial charge in [0.1, 0.15) is 17.8 Å². The fourth-order valence-corrected chi connectivity index (χ4v) is 4.38. The molecule has 0 saturated heterocycles. The van der Waals surface area contributed by atoms with Crippen LogP contribution in [-0.2, 0) is 0 Å². The van der Waals surface area contributed by atoms with Crippen molar-refractivity contribution in [3.05, 3.63) is 41.7 Å². The molecule has 2 aliphatic carbocycles. The van der Waals surface area contributed by atoms with Gasteiger partial charge in [0.15, 0.2) is 17.4 Å². The highest BCUT2D eigenvalue weighted by molar-refractivity contribution is 6.17. The van der Waals surface area contributed by atoms with Gasteiger partial charge in [-0.05, 0) is 44.6 Å². The van der Waals surface area contributed by atoms with Crippen molar-refractivity contribution in [3.8, 4) is 0 Å². The van der Waals surface area contributed by atoms with Crippen LogP contribution in [0.3, 0.4) is 0 Å². The number of nitrogens with one attached hydrogen (secondary N) is 3. The molecule has 2 aliphatic rings. The third-order valence-corrected chi connectivity index (χ3v) is 6.57. The van der Waals surface area contributed by atoms with E-state index in [9.17, 15) is 18.0 Å². The fourth-order valence-electron chi connectivity index (χ4n) is 4.38. The molecule has 0 spiro atoms. The Balaban J connectivity index is 1.37. The number of carbonyl (C=O) groups is 1. The second-order valence-electron chi connectivity index (χ2n) is 9.08. The van der Waals surface area contributed by atoms with Gasteiger partial charge in [-0.1, -0.05) is 0 Å². The van der Waals surface area contributed by atoms with Gasteiger partial charge in [-0.3, -0.25) is 4.79 Å². The second-order valence-corrected chi connectivity index (χ2v) is 9.08. The number of hydrogen-bond donors (Lipinski definition) is 3. The first-order chi connectivity index (χ1) is 15.8. The van der Waals surface area contributed by atoms with Crippen LogP contribution >= 0.6 is 0 Å². The number of aromatic nitrogens is 4. The van der Waals surface area contributed by atoms with Crippen LogP contribution in [0.4, 0.5) is 24.8 Å². The molecule has 7 nitrogen and oxygen atoms in total. The van der Waals surface area contributed by atoms with Gasteiger partial charge in [-0.15, -0.1) is 0 Å². The Kier molecular flexibility index (Phi) is 5.46. The van der Waals surface area contributed by atoms with E-state index in [1.807, 2.05) is 0 Å². The minimum absolute atomic E-state index is 0.0374. The van der Waals surface area contributed by atoms with E-state index in [1.165, 1.54) is 12.5 Å². The van der Waals surface area contributed by atoms with Crippen molar-refractivity contribution in [3.63, 3.8) is 0 Å². The van der Waals surface area contributed by atoms with Gasteiger partial charge in [0.05, 0.1) is 10.9 Å². The SMILES string of the molecule is C[C@@H](Nc1ncnc2[nH]cc(C(=O)c3cnc(NC4CCC(F)(F)CC4)c(F)c3)c12)C1CC1. The normalized spacial score (nSPS) is 19.4. The van der Waals surface area contributed by atoms with Crippen molar-refractivity contribution >= 4 is 28.5 Å². The molecule has 0 bridgehead atoms. The first kappa shape index (κ1) is 21.7. The maximum atomic E-state index is 14.7. The molecule has 0 aliphatic heterocycles. The van der Waals surface area contributed by atoms with E-state index in [0.29, 0.717) is 28.3 Å². The lowest BCUT2D eigenvalue weighted by atomic mass is 9.92. The Morgan fingerprint density at radius 2 is 1.91 bits per heavy atom. The summed E-state index contributed by atoms with van der Waals surface area (Å²) in [5.41, 5.74) is 0.923. The summed E-state index contributed by atoms with van der Waals surface area (Å²) in [6, 6.07) is 1.06. The zero-order valence-corrected chi connectivity index (χ0v) is 18.2. The van der Waals surface area contributed by atoms with E-state index in [4.69, 9.17) is 0 Å². The predicted molar refractivity (Wildman–Crippen MR) is 118 cm³/mol. The first-order valence-electron chi connectivity index (χ1n) is 11.2. The van der Waals surface area contributed by atoms with E-state index in [2.05, 4.69) is 37.5 Å². The third kappa shape index (κ3) is 4.51. The van der Waals surface area contributed by atoms with Crippen molar-refractivity contribution in [1.29, 1.82) is 0 Å². The third-order valence-electron chi connectivity index (χ3n) is 6.57. The summed E-state index contributed by atoms with van der Waals surface area (Å²) in [6.45, 7) is 2.08. The van der Waals surface area contributed by atoms with E-state index in [-0.39, 0.29) is 49.1 Å². The standard InChI is InChI=1S/C23H25F3N6O/c1-12(13-2-3-13)31-22-18-16(10-28-21(18)29-11-30-22)19(33)14-8-17(24)20(27-9-14)32-15-4-6-23(25,26)7-5-15/h8-13,15H,2-7H2,1H3,(H,27,32)(H2,28,29,30,31)/t12-/m1/s1. The summed E-state index contributed by atoms with van der Waals surface area (Å²) in [4.78, 5) is 28.8. The quantitative estimate of drug-likeness (QED) is 0.435. The molecule has 3 heterocycles. The average Bonchev–Trinajstić information content (AvgIpc) is 3.55. The van der Waals surface area contributed by atoms with Crippen LogP contribution in [0.5, 0.6) is 0 Å². The topological polar surface area (TPSA) is 95.6 Å². The van der Waals surface area contributed by atoms with E-state index in [0.717, 1.165) is 18.9 Å². The molecular weight excluding hydrogens is 433 g/mol. The maximum absolute atomic E-state index is 14.7. The van der Waals surface area contributed by atoms with Crippen molar-refractivity contribution < 1.29 is 18.0 Å². The monoisotopic (exact) mass is 458 g/mol. The Bertz CT molecular complexity index is 1180. The Morgan fingerprint density at radius 3 is 2.61 bits per heavy atom. The lowest BCUT2D eigenvalue weighted by Gasteiger charge is -2.29. The smallest absolute Gasteiger partial charge is 0.248 e. The molecule has 1 atom stereocenters. The van der Waals surface area contributed by atoms with Gasteiger partial charge in [0, 0.05) is 42.9 Å². The Labute approximate surface area is 188 Å². The zero-order valence-electron chi connectivity index (χ0n) is 18.2. The second kappa shape index (κ2) is 8.31. The summed E-state index contributed by atoms with van der Waals surface area (Å²) in [6.07, 6.45) is 6.60. The van der Waals surface area contributed by atoms with Crippen molar-refractivity contribution in [2.75, 3.05) is 10.6 Å². The molecule has 0 amide bonds. The van der Waals surface area contributed by atoms with Crippen LogP contribution in [-0.4, -0.2) is 43.7 Å². The first-order valence-corrected chi connectivity index (χ1v) is 11.2. The molecule has 0 radical (unpaired) electrons. The number of pyridine rings is 1. The summed E-state index contributed by atoms with van der Waals surface area (Å²) in [7, 11) is 0. The Morgan fingerprint density at radius 1 is 1.15 bits per heavy atom. The van der Waals surface area contributed by atoms with Crippen LogP contribution in [0.2, 0.25) is 0 Å². The lowest BCUT2D eigenvalue weighted by molar-refractivity contribution is -0.0361. The molecule has 3 N–H and O–H groups in total. The molecule has 5 rings (SSSR count). The van der Waals surface area contributed by atoms with E-state index in [1.54, 1.807) is 6.20 Å². The van der Waals surface area contributed by atoms with Crippen molar-refractivity contribution in [2.45, 2.75) is 63.5 Å². The van der Waals surface area contributed by atoms with Crippen molar-refractivity contribution in [1.82, 2.24) is 19.9 Å². The van der Waals surface area contributed by atoms with Gasteiger partial charge >= 0.3 is 0 Å². The molecule has 0 aromatic carbocycles. The van der Waals surface area contributed by atoms with E-state index >= 15 is 0 Å². The molecule has 2 fully saturated rings. The maximum Gasteiger partial charge on any atom is 0.248 e. The highest BCUT2D eigenvalue weighted by atomic mass is 19.3. The van der Waals surface area contributed by atoms with Gasteiger partial charge in [0.2, 0.25) is 5.92 Å². The number of rotatable bonds is 7. The summed E-state index contributed by atoms with van der Waals surface area (Å²) < 4.78 is 41.5. The van der Waals surface area contributed by atoms with Gasteiger partial charge in [-0.25, -0.2) is 28.1 Å². The largest absolute Gasteiger partial charge is 0.367 e. The molecule has 3 aromatic heterocycles. The average molecular weight is 458 g/mol. The molecule has 2 saturated carbocycles. The van der Waals surface area contributed by atoms with Crippen LogP contribution in [0.15, 0.2) is 24.8 Å². The number of hydrogen-bond acceptors (Lipinski definition) is 6. The number of aromatic amines is 1. The number of alkyl halides is 2. The van der Waals surface area contributed by atoms with Crippen LogP contribution in [0.1, 0.15) is 61.4 Å². The summed E-state index contributed by atoms with van der Waals surface area (Å²) in [5.74, 6) is -2.66. The summed E-state index contributed by atoms with van der Waals surface area (Å²) in [5, 5.41) is 6.83. The van der Waals surface area contributed by atoms with Crippen molar-refractivity contribution in [2.24, 2.45) is 5.92 Å². The number of carbonyl (C=O) groups excluding carboxylic acids is 1. The number of ketones is 1. The minimum atomic E-state index is -2.66. The van der Waals surface area contributed by atoms with Gasteiger partial charge in [0.25, 0.3) is 0 Å². The molecule has 174 valence electrons. The molecule has 33 heavy (non-hydrogen) atoms. The number of fused-ring (bicyclic) bond motifs is 1. The van der Waals surface area contributed by atoms with Crippen LogP contribution < -0.4 is 10.6 Å². The Hall–Kier alpha value is -3.17. The van der Waals surface area contributed by atoms with Gasteiger partial charge in [-0.2, -0.15) is 0 Å². The summed E-state index contributed by atoms with van der Waals surface area (Å²) >= 11 is 0. The van der Waals surface area contributed by atoms with Crippen LogP contribution in [0, 0.1) is 11.7 Å². The van der Waals surface area contributed by atoms with E-state index < -0.39 is 17.5 Å². The number of anilines is 2. The fraction of sp³-hybridized carbons (Fsp3) is 0.478. The zero-order chi connectivity index (χ0) is 23.2. The lowest BCUT2D eigenvalue weighted by Crippen LogP contribution is -2.32. The number of H-pyrrole nitrogens is 1. The predicted octanol–water partition coefficient (Wildman–Crippen LogP) is 4.92.